The Hall–Kier alpha value is -1.44. The van der Waals surface area contributed by atoms with E-state index in [2.05, 4.69) is 4.72 Å². The maximum absolute atomic E-state index is 12.3. The molecule has 6 nitrogen and oxygen atoms in total. The van der Waals surface area contributed by atoms with Crippen LogP contribution < -0.4 is 9.62 Å². The van der Waals surface area contributed by atoms with E-state index in [0.29, 0.717) is 19.4 Å². The minimum atomic E-state index is -3.62. The molecule has 2 N–H and O–H groups in total. The number of amides is 1. The van der Waals surface area contributed by atoms with Gasteiger partial charge < -0.3 is 10.0 Å². The summed E-state index contributed by atoms with van der Waals surface area (Å²) in [5.74, 6) is 0.0571. The molecule has 0 spiro atoms. The van der Waals surface area contributed by atoms with E-state index < -0.39 is 15.4 Å². The Kier molecular flexibility index (Phi) is 5.13. The molecule has 1 aromatic carbocycles. The van der Waals surface area contributed by atoms with Gasteiger partial charge in [-0.15, -0.1) is 0 Å². The molecule has 7 heteroatoms. The Morgan fingerprint density at radius 2 is 2.04 bits per heavy atom. The van der Waals surface area contributed by atoms with Gasteiger partial charge in [-0.3, -0.25) is 4.79 Å². The average Bonchev–Trinajstić information content (AvgIpc) is 2.46. The predicted molar refractivity (Wildman–Crippen MR) is 89.0 cm³/mol. The molecule has 0 unspecified atom stereocenters. The number of carbonyl (C=O) groups excluding carboxylic acids is 1. The van der Waals surface area contributed by atoms with Crippen LogP contribution in [0.4, 0.5) is 5.69 Å². The lowest BCUT2D eigenvalue weighted by molar-refractivity contribution is -0.120. The van der Waals surface area contributed by atoms with Crippen LogP contribution in [0.3, 0.4) is 0 Å². The molecule has 1 heterocycles. The van der Waals surface area contributed by atoms with Crippen LogP contribution in [-0.2, 0) is 20.2 Å². The number of carbonyl (C=O) groups is 1. The fraction of sp³-hybridized carbons (Fsp3) is 0.562. The Balaban J connectivity index is 2.43. The van der Waals surface area contributed by atoms with Gasteiger partial charge in [-0.25, -0.2) is 13.1 Å². The number of hydrogen-bond acceptors (Lipinski definition) is 4. The molecule has 1 amide bonds. The highest BCUT2D eigenvalue weighted by atomic mass is 32.2. The van der Waals surface area contributed by atoms with E-state index in [1.807, 2.05) is 20.8 Å². The molecule has 0 atom stereocenters. The highest BCUT2D eigenvalue weighted by Gasteiger charge is 2.36. The number of rotatable bonds is 6. The van der Waals surface area contributed by atoms with E-state index in [1.54, 1.807) is 17.0 Å². The number of aliphatic hydroxyl groups excluding tert-OH is 1. The summed E-state index contributed by atoms with van der Waals surface area (Å²) in [4.78, 5) is 14.1. The summed E-state index contributed by atoms with van der Waals surface area (Å²) in [6.45, 7) is 6.49. The van der Waals surface area contributed by atoms with Crippen LogP contribution in [-0.4, -0.2) is 39.1 Å². The highest BCUT2D eigenvalue weighted by Crippen LogP contribution is 2.41. The number of aliphatic hydroxyl groups is 1. The van der Waals surface area contributed by atoms with E-state index in [9.17, 15) is 13.2 Å². The fourth-order valence-corrected chi connectivity index (χ4v) is 3.98. The second kappa shape index (κ2) is 6.59. The van der Waals surface area contributed by atoms with E-state index in [4.69, 9.17) is 5.11 Å². The fourth-order valence-electron chi connectivity index (χ4n) is 2.88. The topological polar surface area (TPSA) is 86.7 Å². The largest absolute Gasteiger partial charge is 0.396 e. The van der Waals surface area contributed by atoms with Crippen LogP contribution >= 0.6 is 0 Å². The quantitative estimate of drug-likeness (QED) is 0.766. The normalized spacial score (nSPS) is 17.2. The molecule has 23 heavy (non-hydrogen) atoms. The van der Waals surface area contributed by atoms with E-state index >= 15 is 0 Å². The average molecular weight is 340 g/mol. The van der Waals surface area contributed by atoms with Crippen molar-refractivity contribution < 1.29 is 18.3 Å². The molecule has 0 radical (unpaired) electrons. The number of hydrogen-bond donors (Lipinski definition) is 2. The van der Waals surface area contributed by atoms with Crippen molar-refractivity contribution in [2.75, 3.05) is 24.6 Å². The molecule has 128 valence electrons. The zero-order valence-corrected chi connectivity index (χ0v) is 14.6. The van der Waals surface area contributed by atoms with Crippen LogP contribution in [0.2, 0.25) is 0 Å². The van der Waals surface area contributed by atoms with Gasteiger partial charge in [0.2, 0.25) is 15.9 Å². The van der Waals surface area contributed by atoms with Gasteiger partial charge in [-0.2, -0.15) is 0 Å². The lowest BCUT2D eigenvalue weighted by Crippen LogP contribution is -2.42. The number of fused-ring (bicyclic) bond motifs is 1. The molecule has 1 aromatic rings. The summed E-state index contributed by atoms with van der Waals surface area (Å²) in [6, 6.07) is 4.89. The minimum absolute atomic E-state index is 0.0571. The first-order valence-electron chi connectivity index (χ1n) is 7.78. The van der Waals surface area contributed by atoms with Crippen molar-refractivity contribution in [3.05, 3.63) is 23.8 Å². The van der Waals surface area contributed by atoms with E-state index in [-0.39, 0.29) is 24.0 Å². The molecule has 0 saturated heterocycles. The highest BCUT2D eigenvalue weighted by molar-refractivity contribution is 7.89. The standard InChI is InChI=1S/C16H24N2O4S/c1-4-18-14-7-6-12(23(21,22)17-8-5-9-19)10-13(14)16(2,3)11-15(18)20/h6-7,10,17,19H,4-5,8-9,11H2,1-3H3. The van der Waals surface area contributed by atoms with Crippen molar-refractivity contribution in [2.24, 2.45) is 0 Å². The van der Waals surface area contributed by atoms with Gasteiger partial charge in [0.1, 0.15) is 0 Å². The Labute approximate surface area is 137 Å². The summed E-state index contributed by atoms with van der Waals surface area (Å²) in [5.41, 5.74) is 1.24. The van der Waals surface area contributed by atoms with Crippen LogP contribution in [0.15, 0.2) is 23.1 Å². The lowest BCUT2D eigenvalue weighted by atomic mass is 9.77. The predicted octanol–water partition coefficient (Wildman–Crippen LogP) is 1.38. The van der Waals surface area contributed by atoms with Crippen LogP contribution in [0.1, 0.15) is 39.2 Å². The number of sulfonamides is 1. The van der Waals surface area contributed by atoms with Gasteiger partial charge in [0, 0.05) is 37.2 Å². The van der Waals surface area contributed by atoms with Gasteiger partial charge in [0.15, 0.2) is 0 Å². The van der Waals surface area contributed by atoms with E-state index in [1.165, 1.54) is 6.07 Å². The third-order valence-corrected chi connectivity index (χ3v) is 5.59. The van der Waals surface area contributed by atoms with Crippen molar-refractivity contribution in [3.63, 3.8) is 0 Å². The Morgan fingerprint density at radius 1 is 1.35 bits per heavy atom. The summed E-state index contributed by atoms with van der Waals surface area (Å²) in [7, 11) is -3.62. The second-order valence-electron chi connectivity index (χ2n) is 6.35. The SMILES string of the molecule is CCN1C(=O)CC(C)(C)c2cc(S(=O)(=O)NCCCO)ccc21. The summed E-state index contributed by atoms with van der Waals surface area (Å²) in [5, 5.41) is 8.77. The Bertz CT molecular complexity index is 698. The van der Waals surface area contributed by atoms with Gasteiger partial charge in [-0.1, -0.05) is 13.8 Å². The molecule has 0 bridgehead atoms. The van der Waals surface area contributed by atoms with Gasteiger partial charge in [-0.05, 0) is 37.1 Å². The molecule has 1 aliphatic heterocycles. The zero-order chi connectivity index (χ0) is 17.3. The lowest BCUT2D eigenvalue weighted by Gasteiger charge is -2.38. The van der Waals surface area contributed by atoms with Crippen molar-refractivity contribution in [2.45, 2.75) is 43.9 Å². The third-order valence-electron chi connectivity index (χ3n) is 4.14. The summed E-state index contributed by atoms with van der Waals surface area (Å²) in [6.07, 6.45) is 0.725. The molecular weight excluding hydrogens is 316 g/mol. The van der Waals surface area contributed by atoms with Crippen molar-refractivity contribution in [1.82, 2.24) is 4.72 Å². The van der Waals surface area contributed by atoms with E-state index in [0.717, 1.165) is 11.3 Å². The number of nitrogens with one attached hydrogen (secondary N) is 1. The van der Waals surface area contributed by atoms with Crippen molar-refractivity contribution >= 4 is 21.6 Å². The maximum Gasteiger partial charge on any atom is 0.240 e. The molecule has 2 rings (SSSR count). The third kappa shape index (κ3) is 3.57. The number of nitrogens with zero attached hydrogens (tertiary/aromatic N) is 1. The molecule has 0 fully saturated rings. The summed E-state index contributed by atoms with van der Waals surface area (Å²) < 4.78 is 27.2. The molecule has 0 aromatic heterocycles. The maximum atomic E-state index is 12.3. The first-order valence-corrected chi connectivity index (χ1v) is 9.26. The van der Waals surface area contributed by atoms with Crippen LogP contribution in [0, 0.1) is 0 Å². The first kappa shape index (κ1) is 17.9. The van der Waals surface area contributed by atoms with Gasteiger partial charge in [0.25, 0.3) is 0 Å². The van der Waals surface area contributed by atoms with Crippen molar-refractivity contribution in [1.29, 1.82) is 0 Å². The molecule has 0 saturated carbocycles. The second-order valence-corrected chi connectivity index (χ2v) is 8.12. The van der Waals surface area contributed by atoms with Crippen LogP contribution in [0.25, 0.3) is 0 Å². The minimum Gasteiger partial charge on any atom is -0.396 e. The Morgan fingerprint density at radius 3 is 2.65 bits per heavy atom. The van der Waals surface area contributed by atoms with Gasteiger partial charge >= 0.3 is 0 Å². The van der Waals surface area contributed by atoms with Gasteiger partial charge in [0.05, 0.1) is 4.90 Å². The number of benzene rings is 1. The first-order chi connectivity index (χ1) is 10.7. The summed E-state index contributed by atoms with van der Waals surface area (Å²) >= 11 is 0. The molecule has 1 aliphatic rings. The number of anilines is 1. The molecular formula is C16H24N2O4S. The molecule has 0 aliphatic carbocycles. The zero-order valence-electron chi connectivity index (χ0n) is 13.8. The van der Waals surface area contributed by atoms with Crippen molar-refractivity contribution in [3.8, 4) is 0 Å². The van der Waals surface area contributed by atoms with Crippen LogP contribution in [0.5, 0.6) is 0 Å². The monoisotopic (exact) mass is 340 g/mol. The smallest absolute Gasteiger partial charge is 0.240 e.